The molecule has 3 atom stereocenters. The van der Waals surface area contributed by atoms with Gasteiger partial charge < -0.3 is 0 Å². The average Bonchev–Trinajstić information content (AvgIpc) is 3.34. The highest BCUT2D eigenvalue weighted by Crippen LogP contribution is 2.61. The summed E-state index contributed by atoms with van der Waals surface area (Å²) in [7, 11) is -3.86. The molecule has 202 valence electrons. The van der Waals surface area contributed by atoms with Gasteiger partial charge in [-0.3, -0.25) is 4.98 Å². The number of hydrogen-bond acceptors (Lipinski definition) is 5. The molecular formula is C29H27F3N4O2S. The Bertz CT molecular complexity index is 1610. The molecule has 2 aromatic carbocycles. The van der Waals surface area contributed by atoms with Crippen molar-refractivity contribution in [2.24, 2.45) is 11.3 Å². The van der Waals surface area contributed by atoms with Crippen LogP contribution in [0.25, 0.3) is 5.69 Å². The zero-order valence-electron chi connectivity index (χ0n) is 21.3. The summed E-state index contributed by atoms with van der Waals surface area (Å²) in [5.41, 5.74) is 0.499. The van der Waals surface area contributed by atoms with Crippen molar-refractivity contribution in [3.63, 3.8) is 0 Å². The molecule has 0 bridgehead atoms. The van der Waals surface area contributed by atoms with Gasteiger partial charge in [0.25, 0.3) is 5.92 Å². The third kappa shape index (κ3) is 4.16. The maximum absolute atomic E-state index is 16.7. The minimum absolute atomic E-state index is 0.141. The van der Waals surface area contributed by atoms with Crippen molar-refractivity contribution in [2.45, 2.75) is 55.1 Å². The summed E-state index contributed by atoms with van der Waals surface area (Å²) in [6, 6.07) is 16.7. The van der Waals surface area contributed by atoms with Gasteiger partial charge in [0.05, 0.1) is 32.6 Å². The lowest BCUT2D eigenvalue weighted by molar-refractivity contribution is -0.180. The van der Waals surface area contributed by atoms with Gasteiger partial charge in [0.1, 0.15) is 11.5 Å². The van der Waals surface area contributed by atoms with E-state index in [9.17, 15) is 12.8 Å². The van der Waals surface area contributed by atoms with Crippen LogP contribution in [0.5, 0.6) is 0 Å². The fraction of sp³-hybridized carbons (Fsp3) is 0.345. The zero-order valence-corrected chi connectivity index (χ0v) is 22.1. The zero-order chi connectivity index (χ0) is 27.4. The normalized spacial score (nSPS) is 23.2. The molecule has 2 aliphatic rings. The molecule has 1 saturated carbocycles. The molecule has 0 radical (unpaired) electrons. The number of alkyl halides is 2. The number of nitrogens with zero attached hydrogens (tertiary/aromatic N) is 4. The Morgan fingerprint density at radius 3 is 2.44 bits per heavy atom. The third-order valence-electron chi connectivity index (χ3n) is 8.45. The molecule has 0 amide bonds. The quantitative estimate of drug-likeness (QED) is 0.321. The molecule has 0 aliphatic heterocycles. The van der Waals surface area contributed by atoms with E-state index in [2.05, 4.69) is 15.3 Å². The molecule has 0 spiro atoms. The predicted octanol–water partition coefficient (Wildman–Crippen LogP) is 5.63. The van der Waals surface area contributed by atoms with E-state index in [0.29, 0.717) is 23.5 Å². The smallest absolute Gasteiger partial charge is 0.255 e. The number of halogens is 3. The highest BCUT2D eigenvalue weighted by Gasteiger charge is 2.64. The predicted molar refractivity (Wildman–Crippen MR) is 139 cm³/mol. The number of fused-ring (bicyclic) bond motifs is 2. The van der Waals surface area contributed by atoms with Crippen LogP contribution < -0.4 is 0 Å². The van der Waals surface area contributed by atoms with E-state index >= 15 is 8.78 Å². The Labute approximate surface area is 224 Å². The van der Waals surface area contributed by atoms with Crippen molar-refractivity contribution in [1.29, 1.82) is 0 Å². The summed E-state index contributed by atoms with van der Waals surface area (Å²) in [4.78, 5) is 4.15. The molecule has 0 N–H and O–H groups in total. The van der Waals surface area contributed by atoms with Gasteiger partial charge in [-0.2, -0.15) is 8.78 Å². The first-order valence-electron chi connectivity index (χ1n) is 12.9. The standard InChI is InChI=1S/C29H27F3N4O2S/c1-19-5-12-23(13-6-19)39(37,38)24-14-7-20-16-26-25(34-35-36(26)22-10-8-21(30)9-11-22)18-28(20,17-24)29(31,32)27-4-2-3-15-33-27/h2-6,8-13,15,20,24H,7,14,16-18H2,1H3/t20?,24-,28+/m0/s1. The number of sulfone groups is 1. The number of rotatable bonds is 5. The first-order chi connectivity index (χ1) is 18.6. The summed E-state index contributed by atoms with van der Waals surface area (Å²) in [6.07, 6.45) is 1.79. The molecule has 10 heteroatoms. The second-order valence-electron chi connectivity index (χ2n) is 10.7. The van der Waals surface area contributed by atoms with Gasteiger partial charge in [-0.15, -0.1) is 5.10 Å². The molecule has 2 heterocycles. The Balaban J connectivity index is 1.45. The average molecular weight is 553 g/mol. The molecule has 2 aromatic heterocycles. The molecule has 1 fully saturated rings. The van der Waals surface area contributed by atoms with Crippen LogP contribution >= 0.6 is 0 Å². The van der Waals surface area contributed by atoms with Gasteiger partial charge in [-0.05, 0) is 87.1 Å². The first kappa shape index (κ1) is 25.7. The fourth-order valence-corrected chi connectivity index (χ4v) is 8.20. The van der Waals surface area contributed by atoms with Crippen molar-refractivity contribution in [3.05, 3.63) is 101 Å². The lowest BCUT2D eigenvalue weighted by Crippen LogP contribution is -2.55. The maximum Gasteiger partial charge on any atom is 0.295 e. The maximum atomic E-state index is 16.7. The highest BCUT2D eigenvalue weighted by atomic mass is 32.2. The van der Waals surface area contributed by atoms with Crippen LogP contribution in [0.3, 0.4) is 0 Å². The van der Waals surface area contributed by atoms with Gasteiger partial charge in [-0.1, -0.05) is 29.0 Å². The number of aromatic nitrogens is 4. The molecule has 0 saturated heterocycles. The largest absolute Gasteiger partial charge is 0.295 e. The molecule has 6 rings (SSSR count). The van der Waals surface area contributed by atoms with Crippen molar-refractivity contribution < 1.29 is 21.6 Å². The van der Waals surface area contributed by atoms with Crippen LogP contribution in [0.2, 0.25) is 0 Å². The van der Waals surface area contributed by atoms with Crippen molar-refractivity contribution in [2.75, 3.05) is 0 Å². The van der Waals surface area contributed by atoms with E-state index in [0.717, 1.165) is 5.56 Å². The van der Waals surface area contributed by atoms with Crippen LogP contribution in [-0.4, -0.2) is 33.6 Å². The topological polar surface area (TPSA) is 77.7 Å². The van der Waals surface area contributed by atoms with Crippen molar-refractivity contribution in [3.8, 4) is 5.69 Å². The van der Waals surface area contributed by atoms with Crippen LogP contribution in [-0.2, 0) is 28.6 Å². The lowest BCUT2D eigenvalue weighted by atomic mass is 9.56. The Hall–Kier alpha value is -3.53. The van der Waals surface area contributed by atoms with Crippen molar-refractivity contribution in [1.82, 2.24) is 20.0 Å². The number of benzene rings is 2. The molecule has 39 heavy (non-hydrogen) atoms. The third-order valence-corrected chi connectivity index (χ3v) is 10.7. The van der Waals surface area contributed by atoms with Crippen molar-refractivity contribution >= 4 is 9.84 Å². The van der Waals surface area contributed by atoms with Crippen LogP contribution in [0, 0.1) is 24.1 Å². The Morgan fingerprint density at radius 2 is 1.74 bits per heavy atom. The Morgan fingerprint density at radius 1 is 1.00 bits per heavy atom. The van der Waals surface area contributed by atoms with E-state index in [4.69, 9.17) is 0 Å². The molecule has 6 nitrogen and oxygen atoms in total. The van der Waals surface area contributed by atoms with E-state index in [1.807, 2.05) is 6.92 Å². The monoisotopic (exact) mass is 552 g/mol. The summed E-state index contributed by atoms with van der Waals surface area (Å²) in [5, 5.41) is 7.53. The van der Waals surface area contributed by atoms with Gasteiger partial charge in [0, 0.05) is 12.6 Å². The Kier molecular flexibility index (Phi) is 6.13. The lowest BCUT2D eigenvalue weighted by Gasteiger charge is -2.52. The molecule has 2 aliphatic carbocycles. The van der Waals surface area contributed by atoms with E-state index in [1.165, 1.54) is 30.5 Å². The molecular weight excluding hydrogens is 525 g/mol. The number of aryl methyl sites for hydroxylation is 1. The van der Waals surface area contributed by atoms with Gasteiger partial charge in [0.2, 0.25) is 0 Å². The van der Waals surface area contributed by atoms with Crippen LogP contribution in [0.15, 0.2) is 77.8 Å². The van der Waals surface area contributed by atoms with Gasteiger partial charge in [-0.25, -0.2) is 17.5 Å². The summed E-state index contributed by atoms with van der Waals surface area (Å²) in [5.74, 6) is -4.35. The SMILES string of the molecule is Cc1ccc(S(=O)(=O)[C@H]2CCC3Cc4c(nnn4-c4ccc(F)cc4)C[C@]3(C(F)(F)c3ccccn3)C2)cc1. The highest BCUT2D eigenvalue weighted by molar-refractivity contribution is 7.92. The molecule has 4 aromatic rings. The summed E-state index contributed by atoms with van der Waals surface area (Å²) < 4.78 is 75.9. The minimum atomic E-state index is -3.86. The summed E-state index contributed by atoms with van der Waals surface area (Å²) >= 11 is 0. The van der Waals surface area contributed by atoms with Gasteiger partial charge in [0.15, 0.2) is 9.84 Å². The van der Waals surface area contributed by atoms with E-state index < -0.39 is 38.2 Å². The first-order valence-corrected chi connectivity index (χ1v) is 14.5. The molecule has 1 unspecified atom stereocenters. The van der Waals surface area contributed by atoms with Crippen LogP contribution in [0.4, 0.5) is 13.2 Å². The number of pyridine rings is 1. The van der Waals surface area contributed by atoms with E-state index in [-0.39, 0.29) is 36.3 Å². The second kappa shape index (κ2) is 9.29. The van der Waals surface area contributed by atoms with Crippen LogP contribution in [0.1, 0.15) is 41.9 Å². The summed E-state index contributed by atoms with van der Waals surface area (Å²) in [6.45, 7) is 1.86. The number of hydrogen-bond donors (Lipinski definition) is 0. The second-order valence-corrected chi connectivity index (χ2v) is 12.9. The van der Waals surface area contributed by atoms with E-state index in [1.54, 1.807) is 47.1 Å². The van der Waals surface area contributed by atoms with Gasteiger partial charge >= 0.3 is 0 Å². The fourth-order valence-electron chi connectivity index (χ4n) is 6.33. The minimum Gasteiger partial charge on any atom is -0.255 e.